The van der Waals surface area contributed by atoms with E-state index < -0.39 is 19.8 Å². The molecule has 0 aromatic heterocycles. The monoisotopic (exact) mass is 383 g/mol. The number of rotatable bonds is 10. The standard InChI is InChI=1S/C10H20NO6P.C4H6O3/c1-9(2)10(12)16-7-5-11(3,4)6-8-17-18(13,14)15;1-3(7-2)4(5)6/h1,5-8H2,2-4H3,(H-,13,14,15);1H2,2H3,(H,5,6). The van der Waals surface area contributed by atoms with Crippen molar-refractivity contribution in [2.24, 2.45) is 0 Å². The van der Waals surface area contributed by atoms with Gasteiger partial charge in [-0.15, -0.1) is 0 Å². The maximum absolute atomic E-state index is 11.1. The molecule has 0 unspecified atom stereocenters. The minimum absolute atomic E-state index is 0.0638. The fraction of sp³-hybridized carbons (Fsp3) is 0.571. The molecule has 0 aliphatic rings. The molecule has 10 nitrogen and oxygen atoms in total. The number of esters is 1. The number of likely N-dealkylation sites (N-methyl/N-ethyl adjacent to an activating group) is 1. The molecule has 0 aromatic carbocycles. The summed E-state index contributed by atoms with van der Waals surface area (Å²) in [5.41, 5.74) is 0.338. The lowest BCUT2D eigenvalue weighted by Gasteiger charge is -2.29. The Labute approximate surface area is 147 Å². The number of carbonyl (C=O) groups is 2. The van der Waals surface area contributed by atoms with Crippen molar-refractivity contribution in [3.05, 3.63) is 24.5 Å². The highest BCUT2D eigenvalue weighted by atomic mass is 31.2. The van der Waals surface area contributed by atoms with Gasteiger partial charge in [-0.3, -0.25) is 4.52 Å². The van der Waals surface area contributed by atoms with Gasteiger partial charge in [-0.2, -0.15) is 0 Å². The van der Waals surface area contributed by atoms with Crippen LogP contribution in [0.15, 0.2) is 24.5 Å². The highest BCUT2D eigenvalue weighted by molar-refractivity contribution is 7.46. The molecule has 0 saturated carbocycles. The van der Waals surface area contributed by atoms with E-state index in [1.54, 1.807) is 6.92 Å². The van der Waals surface area contributed by atoms with Crippen molar-refractivity contribution >= 4 is 19.8 Å². The van der Waals surface area contributed by atoms with Crippen molar-refractivity contribution in [3.63, 3.8) is 0 Å². The second-order valence-electron chi connectivity index (χ2n) is 5.54. The summed E-state index contributed by atoms with van der Waals surface area (Å²) in [7, 11) is 0.497. The first-order valence-corrected chi connectivity index (χ1v) is 8.54. The Kier molecular flexibility index (Phi) is 12.0. The number of quaternary nitrogens is 1. The lowest BCUT2D eigenvalue weighted by atomic mass is 10.4. The van der Waals surface area contributed by atoms with E-state index in [-0.39, 0.29) is 19.0 Å². The molecule has 0 fully saturated rings. The fourth-order valence-corrected chi connectivity index (χ4v) is 1.43. The summed E-state index contributed by atoms with van der Waals surface area (Å²) in [4.78, 5) is 37.8. The average Bonchev–Trinajstić information content (AvgIpc) is 2.44. The Hall–Kier alpha value is -1.71. The summed E-state index contributed by atoms with van der Waals surface area (Å²) in [5, 5.41) is 9.59. The molecular formula is C14H26NO9P. The number of phosphoric ester groups is 1. The lowest BCUT2D eigenvalue weighted by Crippen LogP contribution is -2.44. The third-order valence-electron chi connectivity index (χ3n) is 2.71. The quantitative estimate of drug-likeness (QED) is 0.163. The fourth-order valence-electron chi connectivity index (χ4n) is 1.11. The average molecular weight is 383 g/mol. The van der Waals surface area contributed by atoms with Gasteiger partial charge in [0.2, 0.25) is 0 Å². The van der Waals surface area contributed by atoms with Crippen LogP contribution in [-0.4, -0.2) is 73.7 Å². The van der Waals surface area contributed by atoms with E-state index in [1.165, 1.54) is 7.11 Å². The molecule has 0 spiro atoms. The summed E-state index contributed by atoms with van der Waals surface area (Å²) in [5.74, 6) is -2.16. The first-order chi connectivity index (χ1) is 11.2. The van der Waals surface area contributed by atoms with Crippen molar-refractivity contribution in [1.29, 1.82) is 0 Å². The normalized spacial score (nSPS) is 11.0. The lowest BCUT2D eigenvalue weighted by molar-refractivity contribution is -0.890. The van der Waals surface area contributed by atoms with E-state index in [9.17, 15) is 19.3 Å². The van der Waals surface area contributed by atoms with E-state index in [0.29, 0.717) is 23.1 Å². The minimum Gasteiger partial charge on any atom is -0.542 e. The smallest absolute Gasteiger partial charge is 0.469 e. The van der Waals surface area contributed by atoms with Crippen LogP contribution in [0.5, 0.6) is 0 Å². The number of phosphoric acid groups is 1. The van der Waals surface area contributed by atoms with Crippen molar-refractivity contribution in [3.8, 4) is 0 Å². The number of nitrogens with zero attached hydrogens (tertiary/aromatic N) is 1. The highest BCUT2D eigenvalue weighted by Crippen LogP contribution is 2.35. The van der Waals surface area contributed by atoms with Crippen LogP contribution in [-0.2, 0) is 28.2 Å². The number of hydrogen-bond acceptors (Lipinski definition) is 7. The Morgan fingerprint density at radius 3 is 1.96 bits per heavy atom. The molecule has 0 aliphatic heterocycles. The molecule has 0 saturated heterocycles. The first-order valence-electron chi connectivity index (χ1n) is 7.01. The molecular weight excluding hydrogens is 357 g/mol. The van der Waals surface area contributed by atoms with Crippen LogP contribution in [0.25, 0.3) is 0 Å². The first kappa shape index (κ1) is 25.5. The minimum atomic E-state index is -4.41. The third kappa shape index (κ3) is 16.9. The van der Waals surface area contributed by atoms with E-state index in [1.807, 2.05) is 14.1 Å². The Balaban J connectivity index is 0. The van der Waals surface area contributed by atoms with Crippen LogP contribution in [0.2, 0.25) is 0 Å². The Morgan fingerprint density at radius 1 is 1.16 bits per heavy atom. The van der Waals surface area contributed by atoms with Gasteiger partial charge in [-0.25, -0.2) is 9.36 Å². The molecule has 0 bridgehead atoms. The van der Waals surface area contributed by atoms with Crippen LogP contribution in [0.1, 0.15) is 6.92 Å². The summed E-state index contributed by atoms with van der Waals surface area (Å²) in [6.07, 6.45) is 0. The molecule has 146 valence electrons. The van der Waals surface area contributed by atoms with Crippen molar-refractivity contribution in [2.75, 3.05) is 47.5 Å². The van der Waals surface area contributed by atoms with Crippen LogP contribution < -0.4 is 5.11 Å². The van der Waals surface area contributed by atoms with Crippen molar-refractivity contribution in [2.45, 2.75) is 6.92 Å². The van der Waals surface area contributed by atoms with Gasteiger partial charge in [0.25, 0.3) is 0 Å². The van der Waals surface area contributed by atoms with Crippen molar-refractivity contribution < 1.29 is 47.5 Å². The van der Waals surface area contributed by atoms with Crippen LogP contribution in [0, 0.1) is 0 Å². The molecule has 0 heterocycles. The topological polar surface area (TPSA) is 142 Å². The summed E-state index contributed by atoms with van der Waals surface area (Å²) in [6.45, 7) is 9.08. The van der Waals surface area contributed by atoms with Gasteiger partial charge in [0, 0.05) is 5.57 Å². The van der Waals surface area contributed by atoms with Gasteiger partial charge < -0.3 is 33.6 Å². The summed E-state index contributed by atoms with van der Waals surface area (Å²) >= 11 is 0. The van der Waals surface area contributed by atoms with Crippen LogP contribution in [0.4, 0.5) is 0 Å². The number of ether oxygens (including phenoxy) is 2. The molecule has 11 heteroatoms. The molecule has 25 heavy (non-hydrogen) atoms. The maximum Gasteiger partial charge on any atom is 0.469 e. The van der Waals surface area contributed by atoms with Crippen LogP contribution in [0.3, 0.4) is 0 Å². The van der Waals surface area contributed by atoms with E-state index in [4.69, 9.17) is 14.5 Å². The van der Waals surface area contributed by atoms with Crippen molar-refractivity contribution in [1.82, 2.24) is 0 Å². The van der Waals surface area contributed by atoms with Gasteiger partial charge in [0.1, 0.15) is 38.0 Å². The molecule has 0 rings (SSSR count). The number of aliphatic carboxylic acids is 1. The predicted octanol–water partition coefficient (Wildman–Crippen LogP) is -0.812. The maximum atomic E-state index is 11.1. The molecule has 0 atom stereocenters. The predicted molar refractivity (Wildman–Crippen MR) is 86.8 cm³/mol. The van der Waals surface area contributed by atoms with E-state index in [2.05, 4.69) is 22.4 Å². The second-order valence-corrected chi connectivity index (χ2v) is 6.78. The van der Waals surface area contributed by atoms with E-state index in [0.717, 1.165) is 0 Å². The SMILES string of the molecule is C=C(C)C(=O)OCC[N+](C)(C)CCOP(=O)(O)O.C=C(OC)C(=O)[O-]. The number of carboxylic acids is 1. The number of hydrogen-bond donors (Lipinski definition) is 2. The zero-order valence-electron chi connectivity index (χ0n) is 14.9. The number of carboxylic acid groups (broad SMARTS) is 1. The third-order valence-corrected chi connectivity index (χ3v) is 3.23. The summed E-state index contributed by atoms with van der Waals surface area (Å²) < 4.78 is 24.4. The van der Waals surface area contributed by atoms with Gasteiger partial charge in [0.15, 0.2) is 0 Å². The molecule has 0 aromatic rings. The molecule has 2 N–H and O–H groups in total. The largest absolute Gasteiger partial charge is 0.542 e. The van der Waals surface area contributed by atoms with Gasteiger partial charge in [-0.05, 0) is 6.92 Å². The Morgan fingerprint density at radius 2 is 1.64 bits per heavy atom. The zero-order chi connectivity index (χ0) is 20.3. The van der Waals surface area contributed by atoms with Gasteiger partial charge in [-0.1, -0.05) is 13.2 Å². The Bertz CT molecular complexity index is 524. The molecule has 0 radical (unpaired) electrons. The zero-order valence-corrected chi connectivity index (χ0v) is 15.8. The number of carbonyl (C=O) groups excluding carboxylic acids is 2. The van der Waals surface area contributed by atoms with Crippen LogP contribution >= 0.6 is 7.82 Å². The van der Waals surface area contributed by atoms with Gasteiger partial charge >= 0.3 is 13.8 Å². The van der Waals surface area contributed by atoms with E-state index >= 15 is 0 Å². The summed E-state index contributed by atoms with van der Waals surface area (Å²) in [6, 6.07) is 0. The van der Waals surface area contributed by atoms with Gasteiger partial charge in [0.05, 0.1) is 21.2 Å². The molecule has 0 aliphatic carbocycles. The molecule has 0 amide bonds. The number of methoxy groups -OCH3 is 1. The highest BCUT2D eigenvalue weighted by Gasteiger charge is 2.20. The second kappa shape index (κ2) is 11.8.